The Bertz CT molecular complexity index is 1040. The molecule has 0 aromatic heterocycles. The van der Waals surface area contributed by atoms with E-state index in [-0.39, 0.29) is 16.6 Å². The highest BCUT2D eigenvalue weighted by Gasteiger charge is 2.29. The van der Waals surface area contributed by atoms with Gasteiger partial charge in [-0.15, -0.1) is 0 Å². The molecule has 1 saturated heterocycles. The van der Waals surface area contributed by atoms with Gasteiger partial charge in [0.2, 0.25) is 15.9 Å². The molecular formula is C23H29N3O4S. The van der Waals surface area contributed by atoms with Gasteiger partial charge < -0.3 is 15.0 Å². The molecule has 1 amide bonds. The van der Waals surface area contributed by atoms with E-state index in [4.69, 9.17) is 4.74 Å². The number of methoxy groups -OCH3 is 1. The first kappa shape index (κ1) is 22.8. The summed E-state index contributed by atoms with van der Waals surface area (Å²) in [6.45, 7) is 0.995. The van der Waals surface area contributed by atoms with Crippen LogP contribution in [0.2, 0.25) is 0 Å². The van der Waals surface area contributed by atoms with Gasteiger partial charge in [-0.05, 0) is 54.8 Å². The van der Waals surface area contributed by atoms with Crippen LogP contribution in [0.3, 0.4) is 0 Å². The van der Waals surface area contributed by atoms with E-state index in [1.807, 2.05) is 43.3 Å². The molecule has 0 saturated carbocycles. The number of nitrogens with zero attached hydrogens (tertiary/aromatic N) is 2. The number of anilines is 2. The summed E-state index contributed by atoms with van der Waals surface area (Å²) < 4.78 is 33.0. The summed E-state index contributed by atoms with van der Waals surface area (Å²) in [4.78, 5) is 14.4. The van der Waals surface area contributed by atoms with Gasteiger partial charge in [0.15, 0.2) is 0 Å². The highest BCUT2D eigenvalue weighted by atomic mass is 32.2. The second kappa shape index (κ2) is 9.98. The highest BCUT2D eigenvalue weighted by Crippen LogP contribution is 2.31. The molecule has 1 N–H and O–H groups in total. The van der Waals surface area contributed by atoms with Crippen molar-refractivity contribution >= 4 is 33.4 Å². The molecule has 0 aliphatic carbocycles. The molecule has 2 aromatic rings. The lowest BCUT2D eigenvalue weighted by atomic mass is 10.2. The van der Waals surface area contributed by atoms with Crippen LogP contribution < -0.4 is 15.0 Å². The van der Waals surface area contributed by atoms with Crippen molar-refractivity contribution in [3.8, 4) is 5.75 Å². The minimum absolute atomic E-state index is 0.0675. The van der Waals surface area contributed by atoms with E-state index < -0.39 is 10.0 Å². The highest BCUT2D eigenvalue weighted by molar-refractivity contribution is 7.89. The van der Waals surface area contributed by atoms with Crippen molar-refractivity contribution in [3.63, 3.8) is 0 Å². The van der Waals surface area contributed by atoms with Gasteiger partial charge in [-0.3, -0.25) is 4.79 Å². The van der Waals surface area contributed by atoms with Crippen LogP contribution in [-0.2, 0) is 14.8 Å². The molecule has 31 heavy (non-hydrogen) atoms. The van der Waals surface area contributed by atoms with Crippen molar-refractivity contribution in [2.75, 3.05) is 44.5 Å². The Labute approximate surface area is 184 Å². The Morgan fingerprint density at radius 2 is 1.74 bits per heavy atom. The van der Waals surface area contributed by atoms with Crippen LogP contribution in [0.25, 0.3) is 6.08 Å². The van der Waals surface area contributed by atoms with Gasteiger partial charge in [-0.25, -0.2) is 8.42 Å². The van der Waals surface area contributed by atoms with Gasteiger partial charge in [0.25, 0.3) is 0 Å². The lowest BCUT2D eigenvalue weighted by Gasteiger charge is -2.26. The first-order chi connectivity index (χ1) is 14.8. The number of benzene rings is 2. The molecule has 0 unspecified atom stereocenters. The molecule has 166 valence electrons. The molecule has 1 aliphatic rings. The molecule has 0 radical (unpaired) electrons. The number of hydrogen-bond acceptors (Lipinski definition) is 5. The number of hydrogen-bond donors (Lipinski definition) is 1. The summed E-state index contributed by atoms with van der Waals surface area (Å²) in [5.41, 5.74) is 2.36. The third-order valence-corrected chi connectivity index (χ3v) is 7.12. The van der Waals surface area contributed by atoms with Crippen molar-refractivity contribution < 1.29 is 17.9 Å². The fraction of sp³-hybridized carbons (Fsp3) is 0.348. The zero-order valence-electron chi connectivity index (χ0n) is 18.2. The lowest BCUT2D eigenvalue weighted by molar-refractivity contribution is -0.111. The van der Waals surface area contributed by atoms with Crippen molar-refractivity contribution in [2.45, 2.75) is 24.2 Å². The Morgan fingerprint density at radius 1 is 1.06 bits per heavy atom. The third-order valence-electron chi connectivity index (χ3n) is 5.20. The number of nitrogens with one attached hydrogen (secondary N) is 1. The van der Waals surface area contributed by atoms with Gasteiger partial charge in [0.1, 0.15) is 10.6 Å². The summed E-state index contributed by atoms with van der Waals surface area (Å²) in [5, 5.41) is 2.74. The van der Waals surface area contributed by atoms with E-state index in [0.717, 1.165) is 30.5 Å². The van der Waals surface area contributed by atoms with Gasteiger partial charge in [0, 0.05) is 44.6 Å². The second-order valence-corrected chi connectivity index (χ2v) is 9.55. The average Bonchev–Trinajstić information content (AvgIpc) is 2.78. The molecule has 2 aromatic carbocycles. The van der Waals surface area contributed by atoms with E-state index in [0.29, 0.717) is 18.8 Å². The predicted molar refractivity (Wildman–Crippen MR) is 124 cm³/mol. The predicted octanol–water partition coefficient (Wildman–Crippen LogP) is 3.59. The summed E-state index contributed by atoms with van der Waals surface area (Å²) in [5.74, 6) is -0.0803. The minimum atomic E-state index is -3.69. The quantitative estimate of drug-likeness (QED) is 0.662. The maximum absolute atomic E-state index is 13.1. The number of ether oxygens (including phenoxy) is 1. The first-order valence-corrected chi connectivity index (χ1v) is 11.7. The fourth-order valence-electron chi connectivity index (χ4n) is 3.44. The van der Waals surface area contributed by atoms with Crippen LogP contribution in [0.15, 0.2) is 53.4 Å². The van der Waals surface area contributed by atoms with Crippen molar-refractivity contribution in [2.24, 2.45) is 0 Å². The Morgan fingerprint density at radius 3 is 2.35 bits per heavy atom. The van der Waals surface area contributed by atoms with Crippen LogP contribution in [0.1, 0.15) is 24.8 Å². The molecule has 1 heterocycles. The number of sulfonamides is 1. The Hall–Kier alpha value is -2.84. The molecule has 3 rings (SSSR count). The normalized spacial score (nSPS) is 15.1. The maximum Gasteiger partial charge on any atom is 0.248 e. The van der Waals surface area contributed by atoms with Crippen LogP contribution in [-0.4, -0.2) is 52.9 Å². The Balaban J connectivity index is 1.75. The summed E-state index contributed by atoms with van der Waals surface area (Å²) in [6, 6.07) is 12.4. The number of amides is 1. The van der Waals surface area contributed by atoms with E-state index >= 15 is 0 Å². The van der Waals surface area contributed by atoms with Crippen LogP contribution >= 0.6 is 0 Å². The molecule has 0 atom stereocenters. The molecule has 1 fully saturated rings. The van der Waals surface area contributed by atoms with Crippen LogP contribution in [0.4, 0.5) is 11.4 Å². The van der Waals surface area contributed by atoms with Crippen LogP contribution in [0.5, 0.6) is 5.75 Å². The van der Waals surface area contributed by atoms with E-state index in [2.05, 4.69) is 5.32 Å². The number of carbonyl (C=O) groups is 1. The smallest absolute Gasteiger partial charge is 0.248 e. The summed E-state index contributed by atoms with van der Waals surface area (Å²) in [7, 11) is 1.67. The molecule has 1 aliphatic heterocycles. The molecular weight excluding hydrogens is 414 g/mol. The lowest BCUT2D eigenvalue weighted by Crippen LogP contribution is -2.35. The number of carbonyl (C=O) groups excluding carboxylic acids is 1. The van der Waals surface area contributed by atoms with Crippen molar-refractivity contribution in [1.29, 1.82) is 0 Å². The van der Waals surface area contributed by atoms with Gasteiger partial charge in [0.05, 0.1) is 7.11 Å². The van der Waals surface area contributed by atoms with Gasteiger partial charge >= 0.3 is 0 Å². The fourth-order valence-corrected chi connectivity index (χ4v) is 5.14. The zero-order chi connectivity index (χ0) is 22.4. The standard InChI is InChI=1S/C23H29N3O4S/c1-25(2)20-11-7-18(8-12-20)9-14-23(27)24-19-10-13-21(30-3)22(17-19)31(28,29)26-15-5-4-6-16-26/h7-14,17H,4-6,15-16H2,1-3H3,(H,24,27)/b14-9+. The van der Waals surface area contributed by atoms with E-state index in [1.165, 1.54) is 23.6 Å². The Kier molecular flexibility index (Phi) is 7.35. The first-order valence-electron chi connectivity index (χ1n) is 10.3. The molecule has 0 bridgehead atoms. The summed E-state index contributed by atoms with van der Waals surface area (Å²) in [6.07, 6.45) is 5.86. The molecule has 7 nitrogen and oxygen atoms in total. The van der Waals surface area contributed by atoms with Crippen molar-refractivity contribution in [1.82, 2.24) is 4.31 Å². The summed E-state index contributed by atoms with van der Waals surface area (Å²) >= 11 is 0. The average molecular weight is 444 g/mol. The maximum atomic E-state index is 13.1. The van der Waals surface area contributed by atoms with Gasteiger partial charge in [-0.2, -0.15) is 4.31 Å². The monoisotopic (exact) mass is 443 g/mol. The molecule has 8 heteroatoms. The second-order valence-electron chi connectivity index (χ2n) is 7.64. The van der Waals surface area contributed by atoms with Gasteiger partial charge in [-0.1, -0.05) is 18.6 Å². The number of piperidine rings is 1. The van der Waals surface area contributed by atoms with E-state index in [9.17, 15) is 13.2 Å². The minimum Gasteiger partial charge on any atom is -0.495 e. The third kappa shape index (κ3) is 5.65. The number of rotatable bonds is 7. The topological polar surface area (TPSA) is 79.0 Å². The van der Waals surface area contributed by atoms with Crippen LogP contribution in [0, 0.1) is 0 Å². The molecule has 0 spiro atoms. The van der Waals surface area contributed by atoms with E-state index in [1.54, 1.807) is 18.2 Å². The zero-order valence-corrected chi connectivity index (χ0v) is 19.0. The largest absolute Gasteiger partial charge is 0.495 e. The SMILES string of the molecule is COc1ccc(NC(=O)/C=C/c2ccc(N(C)C)cc2)cc1S(=O)(=O)N1CCCCC1. The van der Waals surface area contributed by atoms with Crippen molar-refractivity contribution in [3.05, 3.63) is 54.1 Å².